The SMILES string of the molecule is CN(CCCNC(=O)c1ccccn1)S(C)(=O)=O. The van der Waals surface area contributed by atoms with Crippen molar-refractivity contribution in [1.82, 2.24) is 14.6 Å². The second kappa shape index (κ2) is 6.46. The fourth-order valence-electron chi connectivity index (χ4n) is 1.26. The lowest BCUT2D eigenvalue weighted by Crippen LogP contribution is -2.31. The van der Waals surface area contributed by atoms with Gasteiger partial charge in [-0.3, -0.25) is 9.78 Å². The van der Waals surface area contributed by atoms with E-state index >= 15 is 0 Å². The van der Waals surface area contributed by atoms with Crippen LogP contribution in [0, 0.1) is 0 Å². The first-order chi connectivity index (χ1) is 8.41. The van der Waals surface area contributed by atoms with Gasteiger partial charge in [-0.1, -0.05) is 6.07 Å². The number of hydrogen-bond donors (Lipinski definition) is 1. The highest BCUT2D eigenvalue weighted by atomic mass is 32.2. The van der Waals surface area contributed by atoms with Crippen molar-refractivity contribution < 1.29 is 13.2 Å². The number of rotatable bonds is 6. The molecule has 0 saturated heterocycles. The molecule has 0 spiro atoms. The summed E-state index contributed by atoms with van der Waals surface area (Å²) < 4.78 is 23.5. The maximum Gasteiger partial charge on any atom is 0.269 e. The molecule has 0 bridgehead atoms. The number of carbonyl (C=O) groups is 1. The van der Waals surface area contributed by atoms with Gasteiger partial charge in [0.05, 0.1) is 6.26 Å². The summed E-state index contributed by atoms with van der Waals surface area (Å²) in [6.07, 6.45) is 3.26. The van der Waals surface area contributed by atoms with Crippen LogP contribution < -0.4 is 5.32 Å². The normalized spacial score (nSPS) is 11.5. The highest BCUT2D eigenvalue weighted by molar-refractivity contribution is 7.88. The van der Waals surface area contributed by atoms with Gasteiger partial charge in [-0.15, -0.1) is 0 Å². The summed E-state index contributed by atoms with van der Waals surface area (Å²) in [5, 5.41) is 2.68. The van der Waals surface area contributed by atoms with E-state index in [1.54, 1.807) is 24.4 Å². The van der Waals surface area contributed by atoms with Gasteiger partial charge in [-0.05, 0) is 18.6 Å². The molecule has 0 aliphatic carbocycles. The van der Waals surface area contributed by atoms with E-state index < -0.39 is 10.0 Å². The van der Waals surface area contributed by atoms with Crippen LogP contribution in [0.2, 0.25) is 0 Å². The monoisotopic (exact) mass is 271 g/mol. The molecule has 100 valence electrons. The van der Waals surface area contributed by atoms with Crippen molar-refractivity contribution in [3.8, 4) is 0 Å². The standard InChI is InChI=1S/C11H17N3O3S/c1-14(18(2,16)17)9-5-8-13-11(15)10-6-3-4-7-12-10/h3-4,6-7H,5,8-9H2,1-2H3,(H,13,15). The number of sulfonamides is 1. The molecule has 6 nitrogen and oxygen atoms in total. The molecule has 0 aromatic carbocycles. The van der Waals surface area contributed by atoms with Crippen molar-refractivity contribution in [1.29, 1.82) is 0 Å². The highest BCUT2D eigenvalue weighted by Gasteiger charge is 2.10. The zero-order valence-electron chi connectivity index (χ0n) is 10.5. The molecule has 0 unspecified atom stereocenters. The molecule has 0 radical (unpaired) electrons. The Hall–Kier alpha value is -1.47. The van der Waals surface area contributed by atoms with Crippen LogP contribution >= 0.6 is 0 Å². The summed E-state index contributed by atoms with van der Waals surface area (Å²) in [4.78, 5) is 15.5. The van der Waals surface area contributed by atoms with Gasteiger partial charge in [0, 0.05) is 26.3 Å². The van der Waals surface area contributed by atoms with E-state index in [0.717, 1.165) is 6.26 Å². The number of pyridine rings is 1. The molecule has 0 atom stereocenters. The van der Waals surface area contributed by atoms with E-state index in [-0.39, 0.29) is 5.91 Å². The Labute approximate surface area is 107 Å². The topological polar surface area (TPSA) is 79.4 Å². The Bertz CT molecular complexity index is 488. The predicted molar refractivity (Wildman–Crippen MR) is 68.7 cm³/mol. The molecule has 0 aliphatic heterocycles. The van der Waals surface area contributed by atoms with Crippen molar-refractivity contribution >= 4 is 15.9 Å². The number of aromatic nitrogens is 1. The van der Waals surface area contributed by atoms with Gasteiger partial charge in [0.25, 0.3) is 5.91 Å². The summed E-state index contributed by atoms with van der Waals surface area (Å²) in [5.41, 5.74) is 0.356. The first-order valence-corrected chi connectivity index (χ1v) is 7.36. The second-order valence-electron chi connectivity index (χ2n) is 3.91. The van der Waals surface area contributed by atoms with Crippen LogP contribution in [-0.4, -0.2) is 50.0 Å². The fraction of sp³-hybridized carbons (Fsp3) is 0.455. The minimum atomic E-state index is -3.15. The van der Waals surface area contributed by atoms with Gasteiger partial charge in [0.15, 0.2) is 0 Å². The lowest BCUT2D eigenvalue weighted by atomic mass is 10.3. The number of nitrogens with one attached hydrogen (secondary N) is 1. The average Bonchev–Trinajstić information content (AvgIpc) is 2.34. The van der Waals surface area contributed by atoms with Gasteiger partial charge in [-0.25, -0.2) is 12.7 Å². The van der Waals surface area contributed by atoms with Crippen LogP contribution in [0.5, 0.6) is 0 Å². The summed E-state index contributed by atoms with van der Waals surface area (Å²) >= 11 is 0. The molecule has 1 amide bonds. The molecule has 0 aliphatic rings. The van der Waals surface area contributed by atoms with Crippen molar-refractivity contribution in [3.05, 3.63) is 30.1 Å². The largest absolute Gasteiger partial charge is 0.351 e. The van der Waals surface area contributed by atoms with Crippen LogP contribution in [-0.2, 0) is 10.0 Å². The molecule has 1 aromatic heterocycles. The number of amides is 1. The number of nitrogens with zero attached hydrogens (tertiary/aromatic N) is 2. The summed E-state index contributed by atoms with van der Waals surface area (Å²) in [6, 6.07) is 5.09. The Morgan fingerprint density at radius 1 is 1.44 bits per heavy atom. The van der Waals surface area contributed by atoms with Crippen molar-refractivity contribution in [2.75, 3.05) is 26.4 Å². The zero-order chi connectivity index (χ0) is 13.6. The van der Waals surface area contributed by atoms with Gasteiger partial charge in [0.2, 0.25) is 10.0 Å². The van der Waals surface area contributed by atoms with Crippen LogP contribution in [0.1, 0.15) is 16.9 Å². The minimum Gasteiger partial charge on any atom is -0.351 e. The third-order valence-corrected chi connectivity index (χ3v) is 3.71. The van der Waals surface area contributed by atoms with Crippen LogP contribution in [0.15, 0.2) is 24.4 Å². The molecular formula is C11H17N3O3S. The Kier molecular flexibility index (Phi) is 5.24. The Balaban J connectivity index is 2.29. The molecular weight excluding hydrogens is 254 g/mol. The van der Waals surface area contributed by atoms with Crippen molar-refractivity contribution in [2.24, 2.45) is 0 Å². The van der Waals surface area contributed by atoms with Gasteiger partial charge >= 0.3 is 0 Å². The quantitative estimate of drug-likeness (QED) is 0.744. The van der Waals surface area contributed by atoms with E-state index in [1.807, 2.05) is 0 Å². The first-order valence-electron chi connectivity index (χ1n) is 5.52. The van der Waals surface area contributed by atoms with Crippen LogP contribution in [0.4, 0.5) is 0 Å². The third kappa shape index (κ3) is 4.80. The maximum absolute atomic E-state index is 11.6. The summed E-state index contributed by atoms with van der Waals surface area (Å²) in [7, 11) is -1.64. The molecule has 1 heterocycles. The van der Waals surface area contributed by atoms with E-state index in [2.05, 4.69) is 10.3 Å². The van der Waals surface area contributed by atoms with E-state index in [0.29, 0.717) is 25.2 Å². The predicted octanol–water partition coefficient (Wildman–Crippen LogP) is 0.0929. The van der Waals surface area contributed by atoms with Crippen LogP contribution in [0.25, 0.3) is 0 Å². The molecule has 18 heavy (non-hydrogen) atoms. The zero-order valence-corrected chi connectivity index (χ0v) is 11.3. The Morgan fingerprint density at radius 2 is 2.17 bits per heavy atom. The second-order valence-corrected chi connectivity index (χ2v) is 6.00. The smallest absolute Gasteiger partial charge is 0.269 e. The maximum atomic E-state index is 11.6. The van der Waals surface area contributed by atoms with E-state index in [9.17, 15) is 13.2 Å². The lowest BCUT2D eigenvalue weighted by molar-refractivity contribution is 0.0948. The minimum absolute atomic E-state index is 0.252. The molecule has 1 rings (SSSR count). The summed E-state index contributed by atoms with van der Waals surface area (Å²) in [6.45, 7) is 0.788. The highest BCUT2D eigenvalue weighted by Crippen LogP contribution is 1.95. The molecule has 0 saturated carbocycles. The molecule has 0 fully saturated rings. The van der Waals surface area contributed by atoms with Gasteiger partial charge in [-0.2, -0.15) is 0 Å². The number of hydrogen-bond acceptors (Lipinski definition) is 4. The fourth-order valence-corrected chi connectivity index (χ4v) is 1.72. The molecule has 7 heteroatoms. The van der Waals surface area contributed by atoms with Crippen molar-refractivity contribution in [2.45, 2.75) is 6.42 Å². The van der Waals surface area contributed by atoms with Crippen LogP contribution in [0.3, 0.4) is 0 Å². The Morgan fingerprint density at radius 3 is 2.72 bits per heavy atom. The van der Waals surface area contributed by atoms with E-state index in [4.69, 9.17) is 0 Å². The molecule has 1 aromatic rings. The lowest BCUT2D eigenvalue weighted by Gasteiger charge is -2.13. The van der Waals surface area contributed by atoms with Gasteiger partial charge in [0.1, 0.15) is 5.69 Å². The summed E-state index contributed by atoms with van der Waals surface area (Å²) in [5.74, 6) is -0.252. The van der Waals surface area contributed by atoms with E-state index in [1.165, 1.54) is 11.4 Å². The molecule has 1 N–H and O–H groups in total. The average molecular weight is 271 g/mol. The van der Waals surface area contributed by atoms with Crippen molar-refractivity contribution in [3.63, 3.8) is 0 Å². The number of carbonyl (C=O) groups excluding carboxylic acids is 1. The van der Waals surface area contributed by atoms with Gasteiger partial charge < -0.3 is 5.32 Å². The first kappa shape index (κ1) is 14.6. The third-order valence-electron chi connectivity index (χ3n) is 2.40.